The molecule has 0 aliphatic carbocycles. The Kier molecular flexibility index (Phi) is 15.0. The minimum atomic E-state index is 0.264. The van der Waals surface area contributed by atoms with Gasteiger partial charge in [0.05, 0.1) is 6.61 Å². The van der Waals surface area contributed by atoms with Gasteiger partial charge in [0, 0.05) is 95.8 Å². The van der Waals surface area contributed by atoms with Gasteiger partial charge in [0.25, 0.3) is 0 Å². The van der Waals surface area contributed by atoms with Gasteiger partial charge in [0.15, 0.2) is 0 Å². The van der Waals surface area contributed by atoms with Gasteiger partial charge in [0.2, 0.25) is 0 Å². The van der Waals surface area contributed by atoms with Crippen LogP contribution >= 0.6 is 0 Å². The van der Waals surface area contributed by atoms with Crippen LogP contribution in [0.25, 0.3) is 0 Å². The predicted molar refractivity (Wildman–Crippen MR) is 160 cm³/mol. The molecule has 38 heavy (non-hydrogen) atoms. The van der Waals surface area contributed by atoms with Gasteiger partial charge in [-0.1, -0.05) is 53.7 Å². The van der Waals surface area contributed by atoms with Crippen molar-refractivity contribution in [3.05, 3.63) is 59.2 Å². The van der Waals surface area contributed by atoms with Gasteiger partial charge < -0.3 is 10.0 Å². The van der Waals surface area contributed by atoms with Crippen molar-refractivity contribution in [2.24, 2.45) is 0 Å². The zero-order valence-electron chi connectivity index (χ0n) is 25.2. The molecule has 2 aliphatic heterocycles. The highest BCUT2D eigenvalue weighted by atomic mass is 16.3. The van der Waals surface area contributed by atoms with E-state index < -0.39 is 0 Å². The minimum absolute atomic E-state index is 0.264. The Balaban J connectivity index is 0.000000252. The molecule has 4 heterocycles. The number of piperazine rings is 2. The summed E-state index contributed by atoms with van der Waals surface area (Å²) < 4.78 is 0. The third-order valence-electron chi connectivity index (χ3n) is 7.17. The Bertz CT molecular complexity index is 855. The molecule has 214 valence electrons. The fraction of sp³-hybridized carbons (Fsp3) is 0.677. The van der Waals surface area contributed by atoms with Gasteiger partial charge in [-0.2, -0.15) is 0 Å². The molecule has 2 saturated heterocycles. The van der Waals surface area contributed by atoms with E-state index in [1.165, 1.54) is 43.0 Å². The van der Waals surface area contributed by atoms with Crippen molar-refractivity contribution >= 4 is 0 Å². The van der Waals surface area contributed by atoms with E-state index in [1.54, 1.807) is 0 Å². The highest BCUT2D eigenvalue weighted by molar-refractivity contribution is 5.17. The smallest absolute Gasteiger partial charge is 0.0558 e. The number of hydrogen-bond donors (Lipinski definition) is 1. The first kappa shape index (κ1) is 32.3. The summed E-state index contributed by atoms with van der Waals surface area (Å²) in [6.07, 6.45) is 4.04. The maximum absolute atomic E-state index is 8.93. The topological polar surface area (TPSA) is 59.0 Å². The van der Waals surface area contributed by atoms with Gasteiger partial charge in [-0.3, -0.25) is 24.7 Å². The summed E-state index contributed by atoms with van der Waals surface area (Å²) in [4.78, 5) is 18.7. The lowest BCUT2D eigenvalue weighted by Crippen LogP contribution is -2.46. The first-order chi connectivity index (χ1) is 18.3. The number of rotatable bonds is 8. The lowest BCUT2D eigenvalue weighted by molar-refractivity contribution is 0.108. The Labute approximate surface area is 232 Å². The summed E-state index contributed by atoms with van der Waals surface area (Å²) in [5.41, 5.74) is 4.97. The van der Waals surface area contributed by atoms with Crippen LogP contribution in [0.15, 0.2) is 36.7 Å². The third kappa shape index (κ3) is 11.5. The van der Waals surface area contributed by atoms with E-state index in [0.717, 1.165) is 51.5 Å². The maximum Gasteiger partial charge on any atom is 0.0558 e. The fourth-order valence-electron chi connectivity index (χ4n) is 4.58. The summed E-state index contributed by atoms with van der Waals surface area (Å²) in [5, 5.41) is 8.93. The van der Waals surface area contributed by atoms with Gasteiger partial charge in [0.1, 0.15) is 0 Å². The van der Waals surface area contributed by atoms with E-state index in [9.17, 15) is 0 Å². The molecular formula is C31H54N6O. The average molecular weight is 527 g/mol. The number of hydrogen-bond acceptors (Lipinski definition) is 7. The standard InChI is InChI=1S/C15H25N3O.C14H23N3.C2H6/c1-13(2)15-4-3-14(11-16-15)12-18-7-5-17(6-8-18)9-10-19;1-12(2)14-5-4-13(10-15-14)11-17-8-6-16(3)7-9-17;1-2/h3-4,11,13,19H,5-10,12H2,1-2H3;4-5,10,12H,6-9,11H2,1-3H3;1-2H3. The Morgan fingerprint density at radius 2 is 1.05 bits per heavy atom. The first-order valence-electron chi connectivity index (χ1n) is 14.7. The highest BCUT2D eigenvalue weighted by Gasteiger charge is 2.16. The van der Waals surface area contributed by atoms with Crippen LogP contribution in [0.5, 0.6) is 0 Å². The van der Waals surface area contributed by atoms with Crippen LogP contribution in [0.2, 0.25) is 0 Å². The molecule has 0 aromatic carbocycles. The SMILES string of the molecule is CC.CC(C)c1ccc(CN2CCN(C)CC2)cn1.CC(C)c1ccc(CN2CCN(CCO)CC2)cn1. The van der Waals surface area contributed by atoms with Crippen LogP contribution in [0.3, 0.4) is 0 Å². The molecular weight excluding hydrogens is 472 g/mol. The quantitative estimate of drug-likeness (QED) is 0.551. The molecule has 4 rings (SSSR count). The summed E-state index contributed by atoms with van der Waals surface area (Å²) in [6.45, 7) is 24.8. The predicted octanol–water partition coefficient (Wildman–Crippen LogP) is 4.29. The van der Waals surface area contributed by atoms with E-state index >= 15 is 0 Å². The number of aliphatic hydroxyl groups excluding tert-OH is 1. The van der Waals surface area contributed by atoms with E-state index in [4.69, 9.17) is 5.11 Å². The number of nitrogens with zero attached hydrogens (tertiary/aromatic N) is 6. The number of aromatic nitrogens is 2. The Hall–Kier alpha value is -1.90. The highest BCUT2D eigenvalue weighted by Crippen LogP contribution is 2.14. The van der Waals surface area contributed by atoms with E-state index in [-0.39, 0.29) is 6.61 Å². The minimum Gasteiger partial charge on any atom is -0.395 e. The van der Waals surface area contributed by atoms with Crippen LogP contribution in [0, 0.1) is 0 Å². The van der Waals surface area contributed by atoms with E-state index in [2.05, 4.69) is 88.6 Å². The molecule has 2 aromatic rings. The molecule has 0 saturated carbocycles. The van der Waals surface area contributed by atoms with E-state index in [0.29, 0.717) is 11.8 Å². The Morgan fingerprint density at radius 3 is 1.39 bits per heavy atom. The normalized spacial score (nSPS) is 17.6. The zero-order valence-corrected chi connectivity index (χ0v) is 25.2. The van der Waals surface area contributed by atoms with Crippen LogP contribution in [0.1, 0.15) is 75.9 Å². The van der Waals surface area contributed by atoms with Crippen LogP contribution in [-0.4, -0.2) is 107 Å². The second-order valence-electron chi connectivity index (χ2n) is 10.9. The second-order valence-corrected chi connectivity index (χ2v) is 10.9. The van der Waals surface area contributed by atoms with Gasteiger partial charge in [-0.15, -0.1) is 0 Å². The summed E-state index contributed by atoms with van der Waals surface area (Å²) >= 11 is 0. The van der Waals surface area contributed by atoms with Gasteiger partial charge in [-0.05, 0) is 42.1 Å². The molecule has 2 aromatic heterocycles. The molecule has 0 atom stereocenters. The van der Waals surface area contributed by atoms with Crippen molar-refractivity contribution < 1.29 is 5.11 Å². The lowest BCUT2D eigenvalue weighted by Gasteiger charge is -2.34. The average Bonchev–Trinajstić information content (AvgIpc) is 2.93. The molecule has 0 unspecified atom stereocenters. The first-order valence-corrected chi connectivity index (χ1v) is 14.7. The fourth-order valence-corrected chi connectivity index (χ4v) is 4.58. The second kappa shape index (κ2) is 17.6. The molecule has 2 fully saturated rings. The van der Waals surface area contributed by atoms with Crippen molar-refractivity contribution in [3.8, 4) is 0 Å². The summed E-state index contributed by atoms with van der Waals surface area (Å²) in [6, 6.07) is 8.72. The van der Waals surface area contributed by atoms with Crippen molar-refractivity contribution in [2.75, 3.05) is 72.6 Å². The van der Waals surface area contributed by atoms with Crippen molar-refractivity contribution in [2.45, 2.75) is 66.5 Å². The zero-order chi connectivity index (χ0) is 27.9. The molecule has 0 radical (unpaired) electrons. The van der Waals surface area contributed by atoms with Crippen molar-refractivity contribution in [3.63, 3.8) is 0 Å². The van der Waals surface area contributed by atoms with Crippen LogP contribution < -0.4 is 0 Å². The molecule has 2 aliphatic rings. The molecule has 7 heteroatoms. The number of aliphatic hydroxyl groups is 1. The van der Waals surface area contributed by atoms with Crippen molar-refractivity contribution in [1.29, 1.82) is 0 Å². The third-order valence-corrected chi connectivity index (χ3v) is 7.17. The molecule has 7 nitrogen and oxygen atoms in total. The largest absolute Gasteiger partial charge is 0.395 e. The summed E-state index contributed by atoms with van der Waals surface area (Å²) in [7, 11) is 2.19. The lowest BCUT2D eigenvalue weighted by atomic mass is 10.1. The molecule has 0 spiro atoms. The maximum atomic E-state index is 8.93. The van der Waals surface area contributed by atoms with Gasteiger partial charge in [-0.25, -0.2) is 0 Å². The summed E-state index contributed by atoms with van der Waals surface area (Å²) in [5.74, 6) is 1.02. The van der Waals surface area contributed by atoms with Crippen molar-refractivity contribution in [1.82, 2.24) is 29.6 Å². The van der Waals surface area contributed by atoms with Crippen LogP contribution in [-0.2, 0) is 13.1 Å². The van der Waals surface area contributed by atoms with E-state index in [1.807, 2.05) is 26.2 Å². The number of pyridine rings is 2. The van der Waals surface area contributed by atoms with Crippen LogP contribution in [0.4, 0.5) is 0 Å². The number of likely N-dealkylation sites (N-methyl/N-ethyl adjacent to an activating group) is 1. The molecule has 0 amide bonds. The Morgan fingerprint density at radius 1 is 0.658 bits per heavy atom. The van der Waals surface area contributed by atoms with Gasteiger partial charge >= 0.3 is 0 Å². The monoisotopic (exact) mass is 526 g/mol. The molecule has 0 bridgehead atoms. The number of β-amino-alcohol motifs (C(OH)–C–C–N with tert-alkyl or cyclic N) is 1. The molecule has 1 N–H and O–H groups in total.